The fraction of sp³-hybridized carbons (Fsp3) is 0.125. The smallest absolute Gasteiger partial charge is 0.339 e. The number of thioether (sulfide) groups is 1. The van der Waals surface area contributed by atoms with Crippen LogP contribution in [0.4, 0.5) is 0 Å². The monoisotopic (exact) mass is 285 g/mol. The van der Waals surface area contributed by atoms with E-state index in [1.54, 1.807) is 23.9 Å². The quantitative estimate of drug-likeness (QED) is 0.633. The molecule has 0 atom stereocenters. The number of aromatic nitrogens is 1. The molecule has 0 unspecified atom stereocenters. The van der Waals surface area contributed by atoms with Gasteiger partial charge in [-0.15, -0.1) is 11.8 Å². The molecule has 1 heterocycles. The molecular formula is C16H15NO2S. The molecule has 0 aliphatic carbocycles. The van der Waals surface area contributed by atoms with Crippen molar-refractivity contribution >= 4 is 29.9 Å². The summed E-state index contributed by atoms with van der Waals surface area (Å²) < 4.78 is 4.63. The predicted molar refractivity (Wildman–Crippen MR) is 82.7 cm³/mol. The van der Waals surface area contributed by atoms with Crippen molar-refractivity contribution in [2.75, 3.05) is 13.4 Å². The first-order valence-corrected chi connectivity index (χ1v) is 7.32. The second kappa shape index (κ2) is 6.91. The van der Waals surface area contributed by atoms with Gasteiger partial charge in [-0.3, -0.25) is 4.98 Å². The highest BCUT2D eigenvalue weighted by molar-refractivity contribution is 7.98. The first-order chi connectivity index (χ1) is 9.72. The summed E-state index contributed by atoms with van der Waals surface area (Å²) in [6.45, 7) is 0. The van der Waals surface area contributed by atoms with Gasteiger partial charge in [0.1, 0.15) is 0 Å². The summed E-state index contributed by atoms with van der Waals surface area (Å²) in [5, 5.41) is 0. The summed E-state index contributed by atoms with van der Waals surface area (Å²) in [7, 11) is 1.36. The molecule has 3 nitrogen and oxygen atoms in total. The third kappa shape index (κ3) is 3.71. The van der Waals surface area contributed by atoms with Gasteiger partial charge in [0.15, 0.2) is 0 Å². The van der Waals surface area contributed by atoms with E-state index in [2.05, 4.69) is 40.2 Å². The maximum atomic E-state index is 11.3. The second-order valence-corrected chi connectivity index (χ2v) is 4.95. The lowest BCUT2D eigenvalue weighted by molar-refractivity contribution is 0.0600. The molecule has 1 aromatic heterocycles. The van der Waals surface area contributed by atoms with Crippen LogP contribution in [0.25, 0.3) is 12.2 Å². The molecular weight excluding hydrogens is 270 g/mol. The number of carbonyl (C=O) groups excluding carboxylic acids is 1. The van der Waals surface area contributed by atoms with Gasteiger partial charge in [-0.05, 0) is 42.2 Å². The Morgan fingerprint density at radius 3 is 2.45 bits per heavy atom. The van der Waals surface area contributed by atoms with Crippen molar-refractivity contribution in [1.82, 2.24) is 4.98 Å². The van der Waals surface area contributed by atoms with Crippen molar-refractivity contribution in [3.8, 4) is 0 Å². The van der Waals surface area contributed by atoms with E-state index in [9.17, 15) is 4.79 Å². The lowest BCUT2D eigenvalue weighted by Gasteiger charge is -1.99. The van der Waals surface area contributed by atoms with Crippen LogP contribution in [0.1, 0.15) is 21.6 Å². The maximum Gasteiger partial charge on any atom is 0.339 e. The van der Waals surface area contributed by atoms with E-state index in [0.29, 0.717) is 5.56 Å². The maximum absolute atomic E-state index is 11.3. The van der Waals surface area contributed by atoms with Crippen LogP contribution >= 0.6 is 11.8 Å². The number of esters is 1. The fourth-order valence-electron chi connectivity index (χ4n) is 1.64. The lowest BCUT2D eigenvalue weighted by atomic mass is 10.2. The van der Waals surface area contributed by atoms with Crippen LogP contribution < -0.4 is 0 Å². The first-order valence-electron chi connectivity index (χ1n) is 6.09. The van der Waals surface area contributed by atoms with Crippen molar-refractivity contribution in [2.24, 2.45) is 0 Å². The molecule has 0 bridgehead atoms. The molecule has 2 rings (SSSR count). The molecule has 2 aromatic rings. The van der Waals surface area contributed by atoms with E-state index in [4.69, 9.17) is 0 Å². The molecule has 4 heteroatoms. The average Bonchev–Trinajstić information content (AvgIpc) is 2.53. The van der Waals surface area contributed by atoms with Gasteiger partial charge in [0.2, 0.25) is 0 Å². The summed E-state index contributed by atoms with van der Waals surface area (Å²) in [5.74, 6) is -0.374. The summed E-state index contributed by atoms with van der Waals surface area (Å²) in [4.78, 5) is 16.7. The highest BCUT2D eigenvalue weighted by atomic mass is 32.2. The Labute approximate surface area is 122 Å². The minimum atomic E-state index is -0.374. The van der Waals surface area contributed by atoms with Gasteiger partial charge < -0.3 is 4.74 Å². The number of hydrogen-bond donors (Lipinski definition) is 0. The minimum Gasteiger partial charge on any atom is -0.465 e. The molecule has 0 spiro atoms. The Balaban J connectivity index is 2.08. The van der Waals surface area contributed by atoms with Gasteiger partial charge in [0, 0.05) is 11.1 Å². The number of methoxy groups -OCH3 is 1. The zero-order chi connectivity index (χ0) is 14.4. The molecule has 0 saturated heterocycles. The van der Waals surface area contributed by atoms with Crippen LogP contribution in [-0.4, -0.2) is 24.3 Å². The zero-order valence-corrected chi connectivity index (χ0v) is 12.2. The summed E-state index contributed by atoms with van der Waals surface area (Å²) in [6.07, 6.45) is 7.47. The Kier molecular flexibility index (Phi) is 4.96. The van der Waals surface area contributed by atoms with Crippen molar-refractivity contribution in [1.29, 1.82) is 0 Å². The lowest BCUT2D eigenvalue weighted by Crippen LogP contribution is -2.01. The van der Waals surface area contributed by atoms with Gasteiger partial charge in [-0.25, -0.2) is 4.79 Å². The molecule has 0 aliphatic rings. The Morgan fingerprint density at radius 2 is 1.90 bits per heavy atom. The minimum absolute atomic E-state index is 0.374. The van der Waals surface area contributed by atoms with Crippen LogP contribution in [0.5, 0.6) is 0 Å². The van der Waals surface area contributed by atoms with Gasteiger partial charge in [-0.1, -0.05) is 18.2 Å². The number of carbonyl (C=O) groups is 1. The topological polar surface area (TPSA) is 39.2 Å². The molecule has 0 N–H and O–H groups in total. The van der Waals surface area contributed by atoms with Crippen molar-refractivity contribution in [3.63, 3.8) is 0 Å². The Bertz CT molecular complexity index is 603. The third-order valence-corrected chi connectivity index (χ3v) is 3.51. The average molecular weight is 285 g/mol. The molecule has 0 aliphatic heterocycles. The fourth-order valence-corrected chi connectivity index (χ4v) is 2.05. The number of ether oxygens (including phenoxy) is 1. The van der Waals surface area contributed by atoms with Crippen LogP contribution in [0.2, 0.25) is 0 Å². The van der Waals surface area contributed by atoms with Crippen LogP contribution in [0, 0.1) is 0 Å². The predicted octanol–water partition coefficient (Wildman–Crippen LogP) is 3.76. The van der Waals surface area contributed by atoms with E-state index in [-0.39, 0.29) is 5.97 Å². The van der Waals surface area contributed by atoms with Gasteiger partial charge in [0.25, 0.3) is 0 Å². The number of hydrogen-bond acceptors (Lipinski definition) is 4. The van der Waals surface area contributed by atoms with E-state index >= 15 is 0 Å². The van der Waals surface area contributed by atoms with E-state index in [0.717, 1.165) is 11.3 Å². The van der Waals surface area contributed by atoms with Crippen molar-refractivity contribution in [2.45, 2.75) is 4.90 Å². The standard InChI is InChI=1S/C16H15NO2S/c1-19-16(18)13-6-8-14(17-11-13)7-3-12-4-9-15(20-2)10-5-12/h3-11H,1-2H3. The summed E-state index contributed by atoms with van der Waals surface area (Å²) in [5.41, 5.74) is 2.36. The van der Waals surface area contributed by atoms with E-state index in [1.807, 2.05) is 12.2 Å². The van der Waals surface area contributed by atoms with Gasteiger partial charge >= 0.3 is 5.97 Å². The third-order valence-electron chi connectivity index (χ3n) is 2.77. The highest BCUT2D eigenvalue weighted by Gasteiger charge is 2.04. The number of pyridine rings is 1. The van der Waals surface area contributed by atoms with E-state index < -0.39 is 0 Å². The first kappa shape index (κ1) is 14.3. The van der Waals surface area contributed by atoms with Crippen LogP contribution in [0.3, 0.4) is 0 Å². The number of benzene rings is 1. The largest absolute Gasteiger partial charge is 0.465 e. The Morgan fingerprint density at radius 1 is 1.15 bits per heavy atom. The highest BCUT2D eigenvalue weighted by Crippen LogP contribution is 2.16. The molecule has 0 amide bonds. The van der Waals surface area contributed by atoms with Crippen LogP contribution in [-0.2, 0) is 4.74 Å². The molecule has 102 valence electrons. The van der Waals surface area contributed by atoms with Gasteiger partial charge in [-0.2, -0.15) is 0 Å². The summed E-state index contributed by atoms with van der Waals surface area (Å²) in [6, 6.07) is 11.8. The molecule has 0 radical (unpaired) electrons. The molecule has 20 heavy (non-hydrogen) atoms. The Hall–Kier alpha value is -2.07. The SMILES string of the molecule is COC(=O)c1ccc(C=Cc2ccc(SC)cc2)nc1. The number of nitrogens with zero attached hydrogens (tertiary/aromatic N) is 1. The molecule has 0 saturated carbocycles. The summed E-state index contributed by atoms with van der Waals surface area (Å²) >= 11 is 1.72. The normalized spacial score (nSPS) is 10.7. The van der Waals surface area contributed by atoms with Crippen molar-refractivity contribution < 1.29 is 9.53 Å². The van der Waals surface area contributed by atoms with Gasteiger partial charge in [0.05, 0.1) is 18.4 Å². The van der Waals surface area contributed by atoms with Crippen LogP contribution in [0.15, 0.2) is 47.5 Å². The van der Waals surface area contributed by atoms with Crippen molar-refractivity contribution in [3.05, 3.63) is 59.4 Å². The molecule has 1 aromatic carbocycles. The second-order valence-electron chi connectivity index (χ2n) is 4.07. The molecule has 0 fully saturated rings. The van der Waals surface area contributed by atoms with E-state index in [1.165, 1.54) is 18.2 Å². The zero-order valence-electron chi connectivity index (χ0n) is 11.4. The number of rotatable bonds is 4.